The van der Waals surface area contributed by atoms with Gasteiger partial charge in [0.25, 0.3) is 0 Å². The van der Waals surface area contributed by atoms with Crippen LogP contribution in [0.3, 0.4) is 0 Å². The molecule has 2 aromatic rings. The standard InChI is InChI=1S/C20H25N3O2S/c1-2-15-8-10-17(11-9-15)25-12-13-26-20-21-19(24)18(22-23-20)14-16-6-4-3-5-7-16/h3-11,18,20,22-23H,2,12-14H2,1H3,(H,21,24). The molecule has 5 nitrogen and oxygen atoms in total. The predicted octanol–water partition coefficient (Wildman–Crippen LogP) is 2.48. The Morgan fingerprint density at radius 2 is 1.77 bits per heavy atom. The summed E-state index contributed by atoms with van der Waals surface area (Å²) in [6, 6.07) is 17.9. The number of rotatable bonds is 8. The minimum absolute atomic E-state index is 0.0150. The Hall–Kier alpha value is -2.02. The molecule has 0 saturated carbocycles. The Morgan fingerprint density at radius 1 is 1.00 bits per heavy atom. The van der Waals surface area contributed by atoms with Crippen LogP contribution < -0.4 is 20.9 Å². The first-order chi connectivity index (χ1) is 12.7. The van der Waals surface area contributed by atoms with Crippen molar-refractivity contribution in [3.8, 4) is 5.75 Å². The van der Waals surface area contributed by atoms with E-state index in [2.05, 4.69) is 35.2 Å². The van der Waals surface area contributed by atoms with Crippen LogP contribution >= 0.6 is 11.8 Å². The fourth-order valence-electron chi connectivity index (χ4n) is 2.73. The third-order valence-corrected chi connectivity index (χ3v) is 5.20. The number of benzene rings is 2. The van der Waals surface area contributed by atoms with Crippen molar-refractivity contribution in [1.29, 1.82) is 0 Å². The van der Waals surface area contributed by atoms with Crippen LogP contribution in [0.4, 0.5) is 0 Å². The zero-order valence-corrected chi connectivity index (χ0v) is 15.7. The Labute approximate surface area is 158 Å². The van der Waals surface area contributed by atoms with Gasteiger partial charge < -0.3 is 10.1 Å². The van der Waals surface area contributed by atoms with E-state index < -0.39 is 0 Å². The van der Waals surface area contributed by atoms with Gasteiger partial charge >= 0.3 is 0 Å². The van der Waals surface area contributed by atoms with Gasteiger partial charge in [0, 0.05) is 5.75 Å². The average Bonchev–Trinajstić information content (AvgIpc) is 2.68. The molecule has 1 saturated heterocycles. The Balaban J connectivity index is 1.36. The monoisotopic (exact) mass is 371 g/mol. The molecule has 1 heterocycles. The van der Waals surface area contributed by atoms with E-state index in [1.165, 1.54) is 5.56 Å². The summed E-state index contributed by atoms with van der Waals surface area (Å²) in [4.78, 5) is 12.3. The van der Waals surface area contributed by atoms with Crippen LogP contribution in [0.15, 0.2) is 54.6 Å². The first-order valence-electron chi connectivity index (χ1n) is 8.93. The van der Waals surface area contributed by atoms with Crippen LogP contribution in [0.2, 0.25) is 0 Å². The van der Waals surface area contributed by atoms with Crippen molar-refractivity contribution in [1.82, 2.24) is 16.2 Å². The summed E-state index contributed by atoms with van der Waals surface area (Å²) in [6.07, 6.45) is 1.69. The summed E-state index contributed by atoms with van der Waals surface area (Å²) in [5.41, 5.74) is 8.56. The van der Waals surface area contributed by atoms with E-state index in [0.717, 1.165) is 23.5 Å². The van der Waals surface area contributed by atoms with Gasteiger partial charge in [0.2, 0.25) is 5.91 Å². The molecule has 26 heavy (non-hydrogen) atoms. The van der Waals surface area contributed by atoms with Gasteiger partial charge in [0.05, 0.1) is 6.61 Å². The molecule has 1 aliphatic rings. The molecular formula is C20H25N3O2S. The molecule has 2 atom stereocenters. The molecule has 1 aliphatic heterocycles. The van der Waals surface area contributed by atoms with Crippen molar-refractivity contribution in [2.24, 2.45) is 0 Å². The van der Waals surface area contributed by atoms with E-state index in [9.17, 15) is 4.79 Å². The number of carbonyl (C=O) groups is 1. The van der Waals surface area contributed by atoms with Crippen LogP contribution in [0.5, 0.6) is 5.75 Å². The summed E-state index contributed by atoms with van der Waals surface area (Å²) in [5.74, 6) is 1.67. The van der Waals surface area contributed by atoms with E-state index in [0.29, 0.717) is 13.0 Å². The van der Waals surface area contributed by atoms with Crippen molar-refractivity contribution in [3.63, 3.8) is 0 Å². The average molecular weight is 372 g/mol. The second-order valence-electron chi connectivity index (χ2n) is 6.14. The molecule has 0 bridgehead atoms. The van der Waals surface area contributed by atoms with Crippen molar-refractivity contribution in [2.45, 2.75) is 31.3 Å². The number of carbonyl (C=O) groups excluding carboxylic acids is 1. The molecular weight excluding hydrogens is 346 g/mol. The Kier molecular flexibility index (Phi) is 6.94. The molecule has 2 unspecified atom stereocenters. The maximum Gasteiger partial charge on any atom is 0.240 e. The second kappa shape index (κ2) is 9.62. The van der Waals surface area contributed by atoms with Gasteiger partial charge in [-0.15, -0.1) is 11.8 Å². The van der Waals surface area contributed by atoms with Gasteiger partial charge in [-0.2, -0.15) is 0 Å². The number of hydrogen-bond acceptors (Lipinski definition) is 5. The molecule has 1 fully saturated rings. The lowest BCUT2D eigenvalue weighted by Gasteiger charge is -2.31. The number of hydrazine groups is 1. The number of aryl methyl sites for hydroxylation is 1. The summed E-state index contributed by atoms with van der Waals surface area (Å²) < 4.78 is 5.74. The highest BCUT2D eigenvalue weighted by Crippen LogP contribution is 2.14. The van der Waals surface area contributed by atoms with Gasteiger partial charge in [-0.05, 0) is 36.1 Å². The van der Waals surface area contributed by atoms with E-state index in [1.807, 2.05) is 42.5 Å². The lowest BCUT2D eigenvalue weighted by Crippen LogP contribution is -2.64. The smallest absolute Gasteiger partial charge is 0.240 e. The maximum absolute atomic E-state index is 12.3. The summed E-state index contributed by atoms with van der Waals surface area (Å²) in [7, 11) is 0. The Bertz CT molecular complexity index is 694. The number of hydrogen-bond donors (Lipinski definition) is 3. The molecule has 0 aliphatic carbocycles. The predicted molar refractivity (Wildman–Crippen MR) is 106 cm³/mol. The largest absolute Gasteiger partial charge is 0.493 e. The van der Waals surface area contributed by atoms with Crippen molar-refractivity contribution in [2.75, 3.05) is 12.4 Å². The van der Waals surface area contributed by atoms with Gasteiger partial charge in [-0.1, -0.05) is 49.4 Å². The molecule has 0 spiro atoms. The summed E-state index contributed by atoms with van der Waals surface area (Å²) in [6.45, 7) is 2.73. The second-order valence-corrected chi connectivity index (χ2v) is 7.35. The number of ether oxygens (including phenoxy) is 1. The van der Waals surface area contributed by atoms with Gasteiger partial charge in [0.1, 0.15) is 17.3 Å². The summed E-state index contributed by atoms with van der Waals surface area (Å²) >= 11 is 1.61. The van der Waals surface area contributed by atoms with Gasteiger partial charge in [-0.25, -0.2) is 10.9 Å². The first-order valence-corrected chi connectivity index (χ1v) is 9.98. The fraction of sp³-hybridized carbons (Fsp3) is 0.350. The van der Waals surface area contributed by atoms with Gasteiger partial charge in [0.15, 0.2) is 0 Å². The summed E-state index contributed by atoms with van der Waals surface area (Å²) in [5, 5.41) is 3.00. The molecule has 2 aromatic carbocycles. The quantitative estimate of drug-likeness (QED) is 0.623. The molecule has 3 rings (SSSR count). The van der Waals surface area contributed by atoms with Crippen LogP contribution in [-0.4, -0.2) is 29.8 Å². The molecule has 0 radical (unpaired) electrons. The van der Waals surface area contributed by atoms with E-state index in [1.54, 1.807) is 11.8 Å². The molecule has 6 heteroatoms. The zero-order valence-electron chi connectivity index (χ0n) is 14.9. The van der Waals surface area contributed by atoms with Crippen LogP contribution in [0.25, 0.3) is 0 Å². The highest BCUT2D eigenvalue weighted by atomic mass is 32.2. The molecule has 1 amide bonds. The fourth-order valence-corrected chi connectivity index (χ4v) is 3.50. The van der Waals surface area contributed by atoms with E-state index >= 15 is 0 Å². The normalized spacial score (nSPS) is 19.8. The van der Waals surface area contributed by atoms with Gasteiger partial charge in [-0.3, -0.25) is 4.79 Å². The topological polar surface area (TPSA) is 62.4 Å². The zero-order chi connectivity index (χ0) is 18.2. The molecule has 3 N–H and O–H groups in total. The van der Waals surface area contributed by atoms with Crippen molar-refractivity contribution >= 4 is 17.7 Å². The minimum Gasteiger partial charge on any atom is -0.493 e. The highest BCUT2D eigenvalue weighted by Gasteiger charge is 2.27. The Morgan fingerprint density at radius 3 is 2.46 bits per heavy atom. The first kappa shape index (κ1) is 18.8. The number of amides is 1. The minimum atomic E-state index is -0.261. The van der Waals surface area contributed by atoms with E-state index in [-0.39, 0.29) is 17.4 Å². The third kappa shape index (κ3) is 5.49. The van der Waals surface area contributed by atoms with E-state index in [4.69, 9.17) is 4.74 Å². The molecule has 0 aromatic heterocycles. The van der Waals surface area contributed by atoms with Crippen molar-refractivity contribution in [3.05, 3.63) is 65.7 Å². The lowest BCUT2D eigenvalue weighted by atomic mass is 10.1. The van der Waals surface area contributed by atoms with Crippen LogP contribution in [0.1, 0.15) is 18.1 Å². The maximum atomic E-state index is 12.3. The SMILES string of the molecule is CCc1ccc(OCCSC2NNC(Cc3ccccc3)C(=O)N2)cc1. The molecule has 138 valence electrons. The van der Waals surface area contributed by atoms with Crippen molar-refractivity contribution < 1.29 is 9.53 Å². The number of nitrogens with one attached hydrogen (secondary N) is 3. The lowest BCUT2D eigenvalue weighted by molar-refractivity contribution is -0.125. The van der Waals surface area contributed by atoms with Crippen LogP contribution in [0, 0.1) is 0 Å². The highest BCUT2D eigenvalue weighted by molar-refractivity contribution is 7.99. The van der Waals surface area contributed by atoms with Crippen LogP contribution in [-0.2, 0) is 17.6 Å². The third-order valence-electron chi connectivity index (χ3n) is 4.23. The number of thioether (sulfide) groups is 1.